The van der Waals surface area contributed by atoms with E-state index in [0.717, 1.165) is 11.8 Å². The number of nitro groups is 1. The van der Waals surface area contributed by atoms with Crippen molar-refractivity contribution in [3.63, 3.8) is 0 Å². The van der Waals surface area contributed by atoms with E-state index in [1.165, 1.54) is 30.5 Å². The third kappa shape index (κ3) is 3.62. The van der Waals surface area contributed by atoms with E-state index in [-0.39, 0.29) is 22.1 Å². The van der Waals surface area contributed by atoms with E-state index in [2.05, 4.69) is 9.97 Å². The van der Waals surface area contributed by atoms with Crippen LogP contribution in [0.15, 0.2) is 64.8 Å². The van der Waals surface area contributed by atoms with Gasteiger partial charge in [0.05, 0.1) is 16.2 Å². The molecule has 0 saturated heterocycles. The highest BCUT2D eigenvalue weighted by Gasteiger charge is 2.18. The third-order valence-electron chi connectivity index (χ3n) is 3.26. The SMILES string of the molecule is N#Cc1ccc(-c2ccc(F)cc2)nc1Sc1ncccc1[N+](=O)[O-]. The molecule has 0 bridgehead atoms. The number of nitriles is 1. The van der Waals surface area contributed by atoms with Crippen molar-refractivity contribution in [1.29, 1.82) is 5.26 Å². The number of hydrogen-bond acceptors (Lipinski definition) is 6. The van der Waals surface area contributed by atoms with Gasteiger partial charge in [-0.2, -0.15) is 5.26 Å². The van der Waals surface area contributed by atoms with Crippen LogP contribution in [0.4, 0.5) is 10.1 Å². The van der Waals surface area contributed by atoms with Gasteiger partial charge in [-0.3, -0.25) is 10.1 Å². The summed E-state index contributed by atoms with van der Waals surface area (Å²) in [5.74, 6) is -0.365. The van der Waals surface area contributed by atoms with Gasteiger partial charge in [-0.05, 0) is 54.2 Å². The Morgan fingerprint density at radius 3 is 2.56 bits per heavy atom. The molecule has 25 heavy (non-hydrogen) atoms. The molecule has 0 saturated carbocycles. The summed E-state index contributed by atoms with van der Waals surface area (Å²) >= 11 is 0.945. The van der Waals surface area contributed by atoms with Gasteiger partial charge in [-0.1, -0.05) is 0 Å². The largest absolute Gasteiger partial charge is 0.301 e. The van der Waals surface area contributed by atoms with Crippen LogP contribution in [-0.4, -0.2) is 14.9 Å². The molecule has 0 radical (unpaired) electrons. The van der Waals surface area contributed by atoms with E-state index < -0.39 is 4.92 Å². The number of pyridine rings is 2. The van der Waals surface area contributed by atoms with E-state index >= 15 is 0 Å². The Labute approximate surface area is 146 Å². The monoisotopic (exact) mass is 352 g/mol. The van der Waals surface area contributed by atoms with Gasteiger partial charge >= 0.3 is 5.69 Å². The molecule has 3 aromatic rings. The minimum atomic E-state index is -0.537. The van der Waals surface area contributed by atoms with E-state index in [4.69, 9.17) is 0 Å². The fraction of sp³-hybridized carbons (Fsp3) is 0. The molecule has 0 aliphatic rings. The second-order valence-electron chi connectivity index (χ2n) is 4.85. The predicted octanol–water partition coefficient (Wildman–Crippen LogP) is 4.21. The summed E-state index contributed by atoms with van der Waals surface area (Å²) in [7, 11) is 0. The van der Waals surface area contributed by atoms with Crippen molar-refractivity contribution >= 4 is 17.4 Å². The summed E-state index contributed by atoms with van der Waals surface area (Å²) in [6, 6.07) is 13.8. The minimum Gasteiger partial charge on any atom is -0.258 e. The molecule has 2 aromatic heterocycles. The molecule has 6 nitrogen and oxygen atoms in total. The van der Waals surface area contributed by atoms with E-state index in [1.54, 1.807) is 24.3 Å². The molecule has 2 heterocycles. The van der Waals surface area contributed by atoms with Crippen LogP contribution in [-0.2, 0) is 0 Å². The zero-order chi connectivity index (χ0) is 17.8. The average molecular weight is 352 g/mol. The van der Waals surface area contributed by atoms with Crippen LogP contribution in [0, 0.1) is 27.3 Å². The van der Waals surface area contributed by atoms with Gasteiger partial charge in [0.1, 0.15) is 16.9 Å². The Balaban J connectivity index is 2.04. The highest BCUT2D eigenvalue weighted by molar-refractivity contribution is 7.99. The van der Waals surface area contributed by atoms with Gasteiger partial charge < -0.3 is 0 Å². The number of rotatable bonds is 4. The summed E-state index contributed by atoms with van der Waals surface area (Å²) in [5, 5.41) is 20.8. The van der Waals surface area contributed by atoms with Crippen molar-refractivity contribution in [3.05, 3.63) is 76.2 Å². The van der Waals surface area contributed by atoms with Crippen molar-refractivity contribution in [3.8, 4) is 17.3 Å². The Bertz CT molecular complexity index is 987. The Morgan fingerprint density at radius 2 is 1.88 bits per heavy atom. The van der Waals surface area contributed by atoms with Crippen molar-refractivity contribution in [1.82, 2.24) is 9.97 Å². The zero-order valence-corrected chi connectivity index (χ0v) is 13.4. The Morgan fingerprint density at radius 1 is 1.12 bits per heavy atom. The smallest absolute Gasteiger partial charge is 0.258 e. The average Bonchev–Trinajstić information content (AvgIpc) is 2.62. The molecule has 122 valence electrons. The number of hydrogen-bond donors (Lipinski definition) is 0. The maximum Gasteiger partial charge on any atom is 0.301 e. The quantitative estimate of drug-likeness (QED) is 0.516. The van der Waals surface area contributed by atoms with E-state index in [9.17, 15) is 19.8 Å². The van der Waals surface area contributed by atoms with Crippen molar-refractivity contribution in [2.75, 3.05) is 0 Å². The van der Waals surface area contributed by atoms with Gasteiger partial charge in [-0.15, -0.1) is 0 Å². The zero-order valence-electron chi connectivity index (χ0n) is 12.6. The summed E-state index contributed by atoms with van der Waals surface area (Å²) in [6.07, 6.45) is 1.44. The van der Waals surface area contributed by atoms with Crippen molar-refractivity contribution < 1.29 is 9.31 Å². The lowest BCUT2D eigenvalue weighted by atomic mass is 10.1. The van der Waals surface area contributed by atoms with Crippen LogP contribution in [0.1, 0.15) is 5.56 Å². The van der Waals surface area contributed by atoms with Crippen LogP contribution in [0.25, 0.3) is 11.3 Å². The Hall–Kier alpha value is -3.31. The van der Waals surface area contributed by atoms with Gasteiger partial charge in [0.15, 0.2) is 5.03 Å². The third-order valence-corrected chi connectivity index (χ3v) is 4.27. The molecule has 3 rings (SSSR count). The number of aromatic nitrogens is 2. The molecule has 0 spiro atoms. The molecule has 0 amide bonds. The number of halogens is 1. The standard InChI is InChI=1S/C17H9FN4O2S/c18-13-6-3-11(4-7-13)14-8-5-12(10-19)16(21-14)25-17-15(22(23)24)2-1-9-20-17/h1-9H. The van der Waals surface area contributed by atoms with Crippen LogP contribution >= 0.6 is 11.8 Å². The molecule has 0 aliphatic carbocycles. The summed E-state index contributed by atoms with van der Waals surface area (Å²) in [5.41, 5.74) is 1.31. The normalized spacial score (nSPS) is 10.2. The first-order valence-electron chi connectivity index (χ1n) is 7.03. The summed E-state index contributed by atoms with van der Waals surface area (Å²) in [6.45, 7) is 0. The molecule has 0 unspecified atom stereocenters. The second-order valence-corrected chi connectivity index (χ2v) is 5.83. The highest BCUT2D eigenvalue weighted by atomic mass is 32.2. The lowest BCUT2D eigenvalue weighted by molar-refractivity contribution is -0.388. The van der Waals surface area contributed by atoms with Gasteiger partial charge in [0.25, 0.3) is 0 Å². The fourth-order valence-corrected chi connectivity index (χ4v) is 2.99. The number of nitrogens with zero attached hydrogens (tertiary/aromatic N) is 4. The second kappa shape index (κ2) is 7.07. The molecule has 0 atom stereocenters. The highest BCUT2D eigenvalue weighted by Crippen LogP contribution is 2.34. The first-order chi connectivity index (χ1) is 12.1. The summed E-state index contributed by atoms with van der Waals surface area (Å²) in [4.78, 5) is 19.0. The van der Waals surface area contributed by atoms with Crippen molar-refractivity contribution in [2.45, 2.75) is 10.1 Å². The number of benzene rings is 1. The molecular formula is C17H9FN4O2S. The lowest BCUT2D eigenvalue weighted by Gasteiger charge is -2.06. The van der Waals surface area contributed by atoms with E-state index in [1.807, 2.05) is 6.07 Å². The fourth-order valence-electron chi connectivity index (χ4n) is 2.08. The van der Waals surface area contributed by atoms with Crippen LogP contribution in [0.3, 0.4) is 0 Å². The predicted molar refractivity (Wildman–Crippen MR) is 89.4 cm³/mol. The molecule has 0 fully saturated rings. The van der Waals surface area contributed by atoms with Crippen LogP contribution in [0.5, 0.6) is 0 Å². The molecule has 1 aromatic carbocycles. The van der Waals surface area contributed by atoms with Gasteiger partial charge in [0.2, 0.25) is 0 Å². The molecular weight excluding hydrogens is 343 g/mol. The Kier molecular flexibility index (Phi) is 4.68. The van der Waals surface area contributed by atoms with Crippen LogP contribution < -0.4 is 0 Å². The first kappa shape index (κ1) is 16.5. The minimum absolute atomic E-state index is 0.146. The molecule has 8 heteroatoms. The van der Waals surface area contributed by atoms with Crippen molar-refractivity contribution in [2.24, 2.45) is 0 Å². The van der Waals surface area contributed by atoms with E-state index in [0.29, 0.717) is 16.3 Å². The topological polar surface area (TPSA) is 92.7 Å². The maximum absolute atomic E-state index is 13.1. The van der Waals surface area contributed by atoms with Gasteiger partial charge in [-0.25, -0.2) is 14.4 Å². The first-order valence-corrected chi connectivity index (χ1v) is 7.84. The van der Waals surface area contributed by atoms with Crippen LogP contribution in [0.2, 0.25) is 0 Å². The molecule has 0 N–H and O–H groups in total. The van der Waals surface area contributed by atoms with Gasteiger partial charge in [0, 0.05) is 17.8 Å². The maximum atomic E-state index is 13.1. The lowest BCUT2D eigenvalue weighted by Crippen LogP contribution is -1.95. The summed E-state index contributed by atoms with van der Waals surface area (Å²) < 4.78 is 13.1. The molecule has 0 aliphatic heterocycles.